The summed E-state index contributed by atoms with van der Waals surface area (Å²) in [5.41, 5.74) is 0.795. The van der Waals surface area contributed by atoms with Gasteiger partial charge in [0.25, 0.3) is 0 Å². The van der Waals surface area contributed by atoms with Crippen LogP contribution in [0.4, 0.5) is 5.69 Å². The summed E-state index contributed by atoms with van der Waals surface area (Å²) in [4.78, 5) is 25.3. The maximum atomic E-state index is 11.1. The molecule has 0 saturated carbocycles. The third kappa shape index (κ3) is 3.30. The third-order valence-corrected chi connectivity index (χ3v) is 3.28. The Kier molecular flexibility index (Phi) is 4.33. The average Bonchev–Trinajstić information content (AvgIpc) is 3.09. The van der Waals surface area contributed by atoms with Gasteiger partial charge in [-0.15, -0.1) is 0 Å². The summed E-state index contributed by atoms with van der Waals surface area (Å²) >= 11 is 0. The molecule has 0 saturated heterocycles. The van der Waals surface area contributed by atoms with Crippen LogP contribution < -0.4 is 4.74 Å². The number of rotatable bonds is 6. The van der Waals surface area contributed by atoms with Crippen LogP contribution in [0.3, 0.4) is 0 Å². The number of oxazole rings is 1. The molecule has 0 aliphatic heterocycles. The van der Waals surface area contributed by atoms with Crippen molar-refractivity contribution in [3.05, 3.63) is 76.3 Å². The van der Waals surface area contributed by atoms with Gasteiger partial charge in [-0.2, -0.15) is 0 Å². The second-order valence-corrected chi connectivity index (χ2v) is 4.88. The molecule has 0 bridgehead atoms. The minimum absolute atomic E-state index is 0.0464. The molecule has 1 heterocycles. The predicted molar refractivity (Wildman–Crippen MR) is 84.8 cm³/mol. The number of benzene rings is 2. The maximum Gasteiger partial charge on any atom is 0.311 e. The summed E-state index contributed by atoms with van der Waals surface area (Å²) in [5.74, 6) is 0.924. The molecule has 3 aromatic rings. The van der Waals surface area contributed by atoms with E-state index < -0.39 is 4.92 Å². The van der Waals surface area contributed by atoms with Crippen LogP contribution in [0.5, 0.6) is 5.75 Å². The fourth-order valence-electron chi connectivity index (χ4n) is 2.12. The van der Waals surface area contributed by atoms with E-state index in [1.807, 2.05) is 30.3 Å². The number of ether oxygens (including phenoxy) is 1. The van der Waals surface area contributed by atoms with E-state index in [0.717, 1.165) is 11.6 Å². The Labute approximate surface area is 136 Å². The third-order valence-electron chi connectivity index (χ3n) is 3.28. The Balaban J connectivity index is 1.76. The molecule has 1 aromatic heterocycles. The van der Waals surface area contributed by atoms with E-state index in [2.05, 4.69) is 4.98 Å². The van der Waals surface area contributed by atoms with Crippen molar-refractivity contribution >= 4 is 12.0 Å². The number of hydrogen-bond acceptors (Lipinski definition) is 6. The molecular weight excluding hydrogens is 312 g/mol. The summed E-state index contributed by atoms with van der Waals surface area (Å²) < 4.78 is 11.0. The van der Waals surface area contributed by atoms with Crippen LogP contribution in [0.1, 0.15) is 16.2 Å². The summed E-state index contributed by atoms with van der Waals surface area (Å²) in [5, 5.41) is 11.1. The van der Waals surface area contributed by atoms with E-state index in [9.17, 15) is 14.9 Å². The summed E-state index contributed by atoms with van der Waals surface area (Å²) in [6, 6.07) is 13.4. The van der Waals surface area contributed by atoms with Gasteiger partial charge in [0, 0.05) is 17.2 Å². The molecule has 0 N–H and O–H groups in total. The van der Waals surface area contributed by atoms with Crippen molar-refractivity contribution in [1.29, 1.82) is 0 Å². The molecule has 2 aromatic carbocycles. The molecule has 0 unspecified atom stereocenters. The molecule has 7 nitrogen and oxygen atoms in total. The van der Waals surface area contributed by atoms with Crippen LogP contribution in [0.2, 0.25) is 0 Å². The number of nitro benzene ring substituents is 1. The normalized spacial score (nSPS) is 10.3. The highest BCUT2D eigenvalue weighted by Gasteiger charge is 2.17. The van der Waals surface area contributed by atoms with E-state index in [-0.39, 0.29) is 23.6 Å². The van der Waals surface area contributed by atoms with Crippen LogP contribution in [-0.2, 0) is 6.61 Å². The van der Waals surface area contributed by atoms with E-state index in [1.165, 1.54) is 12.1 Å². The Bertz CT molecular complexity index is 874. The molecule has 3 rings (SSSR count). The molecular formula is C17H12N2O5. The lowest BCUT2D eigenvalue weighted by Gasteiger charge is -2.05. The first-order chi connectivity index (χ1) is 11.7. The van der Waals surface area contributed by atoms with Gasteiger partial charge in [-0.3, -0.25) is 14.9 Å². The molecule has 0 amide bonds. The zero-order valence-corrected chi connectivity index (χ0v) is 12.4. The van der Waals surface area contributed by atoms with Gasteiger partial charge < -0.3 is 9.15 Å². The van der Waals surface area contributed by atoms with E-state index in [1.54, 1.807) is 6.20 Å². The summed E-state index contributed by atoms with van der Waals surface area (Å²) in [6.07, 6.45) is 2.11. The maximum absolute atomic E-state index is 11.1. The van der Waals surface area contributed by atoms with Gasteiger partial charge in [0.05, 0.1) is 11.1 Å². The molecule has 0 aliphatic carbocycles. The number of aromatic nitrogens is 1. The predicted octanol–water partition coefficient (Wildman–Crippen LogP) is 3.64. The van der Waals surface area contributed by atoms with Crippen molar-refractivity contribution in [3.63, 3.8) is 0 Å². The van der Waals surface area contributed by atoms with Gasteiger partial charge in [-0.25, -0.2) is 4.98 Å². The van der Waals surface area contributed by atoms with Crippen molar-refractivity contribution in [2.45, 2.75) is 6.61 Å². The smallest absolute Gasteiger partial charge is 0.311 e. The highest BCUT2D eigenvalue weighted by atomic mass is 16.6. The Morgan fingerprint density at radius 2 is 2.00 bits per heavy atom. The molecule has 0 radical (unpaired) electrons. The highest BCUT2D eigenvalue weighted by Crippen LogP contribution is 2.28. The molecule has 0 spiro atoms. The van der Waals surface area contributed by atoms with Crippen LogP contribution in [-0.4, -0.2) is 16.2 Å². The zero-order valence-electron chi connectivity index (χ0n) is 12.4. The fraction of sp³-hybridized carbons (Fsp3) is 0.0588. The van der Waals surface area contributed by atoms with E-state index in [4.69, 9.17) is 9.15 Å². The Hall–Kier alpha value is -3.48. The largest absolute Gasteiger partial charge is 0.477 e. The molecule has 0 fully saturated rings. The second-order valence-electron chi connectivity index (χ2n) is 4.88. The number of nitro groups is 1. The minimum Gasteiger partial charge on any atom is -0.477 e. The first-order valence-corrected chi connectivity index (χ1v) is 7.04. The van der Waals surface area contributed by atoms with Crippen LogP contribution >= 0.6 is 0 Å². The first-order valence-electron chi connectivity index (χ1n) is 7.04. The van der Waals surface area contributed by atoms with Crippen LogP contribution in [0.15, 0.2) is 59.1 Å². The van der Waals surface area contributed by atoms with Crippen molar-refractivity contribution in [2.75, 3.05) is 0 Å². The van der Waals surface area contributed by atoms with E-state index in [0.29, 0.717) is 17.9 Å². The topological polar surface area (TPSA) is 95.5 Å². The number of hydrogen-bond donors (Lipinski definition) is 0. The van der Waals surface area contributed by atoms with Gasteiger partial charge in [0.1, 0.15) is 6.29 Å². The van der Waals surface area contributed by atoms with Crippen LogP contribution in [0, 0.1) is 10.1 Å². The van der Waals surface area contributed by atoms with Gasteiger partial charge in [-0.1, -0.05) is 30.3 Å². The SMILES string of the molecule is O=Cc1ccc(OCc2ncc(-c3ccccc3)o2)c([N+](=O)[O-])c1. The monoisotopic (exact) mass is 324 g/mol. The molecule has 0 atom stereocenters. The highest BCUT2D eigenvalue weighted by molar-refractivity contribution is 5.77. The zero-order chi connectivity index (χ0) is 16.9. The van der Waals surface area contributed by atoms with Crippen molar-refractivity contribution in [1.82, 2.24) is 4.98 Å². The molecule has 7 heteroatoms. The van der Waals surface area contributed by atoms with E-state index >= 15 is 0 Å². The van der Waals surface area contributed by atoms with Gasteiger partial charge >= 0.3 is 5.69 Å². The first kappa shape index (κ1) is 15.4. The molecule has 120 valence electrons. The molecule has 0 aliphatic rings. The number of carbonyl (C=O) groups excluding carboxylic acids is 1. The lowest BCUT2D eigenvalue weighted by atomic mass is 10.2. The Morgan fingerprint density at radius 1 is 1.21 bits per heavy atom. The van der Waals surface area contributed by atoms with Crippen molar-refractivity contribution in [2.24, 2.45) is 0 Å². The standard InChI is InChI=1S/C17H12N2O5/c20-10-12-6-7-15(14(8-12)19(21)22)23-11-17-18-9-16(24-17)13-4-2-1-3-5-13/h1-10H,11H2. The summed E-state index contributed by atoms with van der Waals surface area (Å²) in [6.45, 7) is -0.0614. The lowest BCUT2D eigenvalue weighted by molar-refractivity contribution is -0.386. The van der Waals surface area contributed by atoms with Gasteiger partial charge in [-0.05, 0) is 12.1 Å². The van der Waals surface area contributed by atoms with Crippen LogP contribution in [0.25, 0.3) is 11.3 Å². The van der Waals surface area contributed by atoms with Gasteiger partial charge in [0.2, 0.25) is 5.89 Å². The lowest BCUT2D eigenvalue weighted by Crippen LogP contribution is -2.00. The van der Waals surface area contributed by atoms with Gasteiger partial charge in [0.15, 0.2) is 18.1 Å². The minimum atomic E-state index is -0.604. The van der Waals surface area contributed by atoms with Crippen molar-refractivity contribution < 1.29 is 18.9 Å². The number of aldehydes is 1. The fourth-order valence-corrected chi connectivity index (χ4v) is 2.12. The summed E-state index contributed by atoms with van der Waals surface area (Å²) in [7, 11) is 0. The second kappa shape index (κ2) is 6.74. The number of carbonyl (C=O) groups is 1. The number of nitrogens with zero attached hydrogens (tertiary/aromatic N) is 2. The Morgan fingerprint density at radius 3 is 2.71 bits per heavy atom. The molecule has 24 heavy (non-hydrogen) atoms. The average molecular weight is 324 g/mol. The van der Waals surface area contributed by atoms with Crippen molar-refractivity contribution in [3.8, 4) is 17.1 Å². The quantitative estimate of drug-likeness (QED) is 0.390.